The zero-order valence-corrected chi connectivity index (χ0v) is 19.0. The maximum atomic E-state index is 13.2. The monoisotopic (exact) mass is 416 g/mol. The first-order valence-electron chi connectivity index (χ1n) is 9.01. The summed E-state index contributed by atoms with van der Waals surface area (Å²) >= 11 is 9.53. The van der Waals surface area contributed by atoms with Crippen LogP contribution in [-0.2, 0) is 4.79 Å². The van der Waals surface area contributed by atoms with Crippen LogP contribution in [0.2, 0.25) is 4.34 Å². The fourth-order valence-corrected chi connectivity index (χ4v) is 5.16. The lowest BCUT2D eigenvalue weighted by Gasteiger charge is -2.32. The third-order valence-corrected chi connectivity index (χ3v) is 6.72. The molecule has 0 atom stereocenters. The van der Waals surface area contributed by atoms with Crippen molar-refractivity contribution in [2.45, 2.75) is 41.5 Å². The van der Waals surface area contributed by atoms with E-state index in [1.165, 1.54) is 4.88 Å². The van der Waals surface area contributed by atoms with Gasteiger partial charge in [-0.15, -0.1) is 22.7 Å². The van der Waals surface area contributed by atoms with Crippen LogP contribution in [0.1, 0.15) is 51.3 Å². The first-order chi connectivity index (χ1) is 12.5. The Balaban J connectivity index is 2.35. The lowest BCUT2D eigenvalue weighted by atomic mass is 9.71. The number of hydrogen-bond acceptors (Lipinski definition) is 3. The average Bonchev–Trinajstić information content (AvgIpc) is 3.19. The minimum absolute atomic E-state index is 0.161. The molecule has 4 heteroatoms. The van der Waals surface area contributed by atoms with Gasteiger partial charge in [0.25, 0.3) is 0 Å². The first-order valence-corrected chi connectivity index (χ1v) is 11.1. The molecule has 0 spiro atoms. The van der Waals surface area contributed by atoms with E-state index in [9.17, 15) is 4.79 Å². The molecule has 0 aliphatic heterocycles. The van der Waals surface area contributed by atoms with E-state index < -0.39 is 0 Å². The first kappa shape index (κ1) is 20.3. The van der Waals surface area contributed by atoms with Crippen LogP contribution in [0.15, 0.2) is 58.5 Å². The smallest absolute Gasteiger partial charge is 0.186 e. The van der Waals surface area contributed by atoms with E-state index in [0.29, 0.717) is 0 Å². The Morgan fingerprint density at radius 1 is 0.889 bits per heavy atom. The molecule has 0 bridgehead atoms. The fourth-order valence-electron chi connectivity index (χ4n) is 3.16. The van der Waals surface area contributed by atoms with E-state index in [1.54, 1.807) is 22.7 Å². The van der Waals surface area contributed by atoms with Gasteiger partial charge in [-0.05, 0) is 52.1 Å². The van der Waals surface area contributed by atoms with E-state index in [1.807, 2.05) is 6.07 Å². The van der Waals surface area contributed by atoms with Crippen molar-refractivity contribution in [2.75, 3.05) is 0 Å². The molecule has 0 unspecified atom stereocenters. The van der Waals surface area contributed by atoms with Gasteiger partial charge in [-0.25, -0.2) is 0 Å². The van der Waals surface area contributed by atoms with Gasteiger partial charge in [0.05, 0.1) is 4.34 Å². The minimum atomic E-state index is -0.221. The molecule has 0 radical (unpaired) electrons. The average molecular weight is 417 g/mol. The van der Waals surface area contributed by atoms with Crippen molar-refractivity contribution in [2.24, 2.45) is 10.8 Å². The number of ketones is 1. The van der Waals surface area contributed by atoms with E-state index in [-0.39, 0.29) is 16.6 Å². The van der Waals surface area contributed by atoms with E-state index in [2.05, 4.69) is 77.3 Å². The zero-order chi connectivity index (χ0) is 20.0. The van der Waals surface area contributed by atoms with Crippen molar-refractivity contribution in [3.8, 4) is 0 Å². The highest BCUT2D eigenvalue weighted by molar-refractivity contribution is 7.18. The molecule has 0 saturated heterocycles. The van der Waals surface area contributed by atoms with Gasteiger partial charge in [0.15, 0.2) is 5.78 Å². The summed E-state index contributed by atoms with van der Waals surface area (Å²) in [6, 6.07) is 8.20. The number of allylic oxidation sites excluding steroid dienone is 5. The molecule has 1 aliphatic rings. The van der Waals surface area contributed by atoms with Gasteiger partial charge in [-0.3, -0.25) is 4.79 Å². The predicted octanol–water partition coefficient (Wildman–Crippen LogP) is 7.79. The molecule has 2 aromatic heterocycles. The van der Waals surface area contributed by atoms with Crippen LogP contribution in [0.25, 0.3) is 5.57 Å². The Morgan fingerprint density at radius 2 is 1.48 bits per heavy atom. The number of Topliss-reactive ketones (excluding diaryl/α,β-unsaturated/α-hetero) is 1. The van der Waals surface area contributed by atoms with Crippen molar-refractivity contribution in [3.63, 3.8) is 0 Å². The summed E-state index contributed by atoms with van der Waals surface area (Å²) < 4.78 is 0.770. The molecule has 1 nitrogen and oxygen atoms in total. The molecule has 2 heterocycles. The van der Waals surface area contributed by atoms with Gasteiger partial charge in [-0.2, -0.15) is 0 Å². The third-order valence-electron chi connectivity index (χ3n) is 4.58. The Kier molecular flexibility index (Phi) is 5.42. The van der Waals surface area contributed by atoms with Crippen LogP contribution in [-0.4, -0.2) is 5.78 Å². The number of halogens is 1. The van der Waals surface area contributed by atoms with Crippen molar-refractivity contribution in [1.29, 1.82) is 0 Å². The topological polar surface area (TPSA) is 17.1 Å². The molecule has 2 aromatic rings. The van der Waals surface area contributed by atoms with Crippen LogP contribution in [0.5, 0.6) is 0 Å². The lowest BCUT2D eigenvalue weighted by molar-refractivity contribution is -0.114. The quantitative estimate of drug-likeness (QED) is 0.488. The highest BCUT2D eigenvalue weighted by atomic mass is 35.5. The molecular weight excluding hydrogens is 392 g/mol. The Morgan fingerprint density at radius 3 is 1.89 bits per heavy atom. The molecule has 3 rings (SSSR count). The molecule has 142 valence electrons. The van der Waals surface area contributed by atoms with E-state index >= 15 is 0 Å². The van der Waals surface area contributed by atoms with Crippen LogP contribution in [0.4, 0.5) is 0 Å². The van der Waals surface area contributed by atoms with Gasteiger partial charge in [0.1, 0.15) is 0 Å². The summed E-state index contributed by atoms with van der Waals surface area (Å²) in [6.45, 7) is 12.6. The summed E-state index contributed by atoms with van der Waals surface area (Å²) in [5.74, 6) is 0.161. The standard InChI is InChI=1S/C23H25ClOS2/c1-22(2,3)15-12-14(13-16(21(15)25)23(4,5)6)20(17-8-7-11-26-17)18-9-10-19(24)27-18/h7-13H,1-6H3. The summed E-state index contributed by atoms with van der Waals surface area (Å²) in [7, 11) is 0. The second kappa shape index (κ2) is 7.20. The normalized spacial score (nSPS) is 15.7. The van der Waals surface area contributed by atoms with E-state index in [4.69, 9.17) is 11.6 Å². The molecule has 27 heavy (non-hydrogen) atoms. The Labute approximate surface area is 175 Å². The molecule has 1 aliphatic carbocycles. The molecular formula is C23H25ClOS2. The van der Waals surface area contributed by atoms with Gasteiger partial charge in [0.2, 0.25) is 0 Å². The van der Waals surface area contributed by atoms with Crippen LogP contribution >= 0.6 is 34.3 Å². The summed E-state index contributed by atoms with van der Waals surface area (Å²) in [4.78, 5) is 15.6. The van der Waals surface area contributed by atoms with Gasteiger partial charge in [0, 0.05) is 26.5 Å². The molecule has 0 saturated carbocycles. The molecule has 0 aromatic carbocycles. The highest BCUT2D eigenvalue weighted by Gasteiger charge is 2.34. The third kappa shape index (κ3) is 4.21. The van der Waals surface area contributed by atoms with Gasteiger partial charge < -0.3 is 0 Å². The lowest BCUT2D eigenvalue weighted by Crippen LogP contribution is -2.28. The molecule has 0 N–H and O–H groups in total. The van der Waals surface area contributed by atoms with Gasteiger partial charge >= 0.3 is 0 Å². The predicted molar refractivity (Wildman–Crippen MR) is 120 cm³/mol. The summed E-state index contributed by atoms with van der Waals surface area (Å²) in [5, 5.41) is 2.09. The fraction of sp³-hybridized carbons (Fsp3) is 0.348. The highest BCUT2D eigenvalue weighted by Crippen LogP contribution is 2.43. The molecule has 0 amide bonds. The second-order valence-corrected chi connectivity index (χ2v) is 11.5. The number of thiophene rings is 2. The van der Waals surface area contributed by atoms with Crippen LogP contribution < -0.4 is 0 Å². The van der Waals surface area contributed by atoms with Crippen molar-refractivity contribution in [1.82, 2.24) is 0 Å². The van der Waals surface area contributed by atoms with Crippen molar-refractivity contribution >= 4 is 45.6 Å². The number of rotatable bonds is 2. The van der Waals surface area contributed by atoms with Crippen LogP contribution in [0.3, 0.4) is 0 Å². The SMILES string of the molecule is CC(C)(C)C1=CC(=C(c2cccs2)c2ccc(Cl)s2)C=C(C(C)(C)C)C1=O. The van der Waals surface area contributed by atoms with Crippen molar-refractivity contribution < 1.29 is 4.79 Å². The summed E-state index contributed by atoms with van der Waals surface area (Å²) in [6.07, 6.45) is 4.17. The Hall–Kier alpha value is -1.42. The zero-order valence-electron chi connectivity index (χ0n) is 16.6. The van der Waals surface area contributed by atoms with Gasteiger partial charge in [-0.1, -0.05) is 59.2 Å². The summed E-state index contributed by atoms with van der Waals surface area (Å²) in [5.41, 5.74) is 3.52. The molecule has 0 fully saturated rings. The minimum Gasteiger partial charge on any atom is -0.289 e. The number of hydrogen-bond donors (Lipinski definition) is 0. The maximum absolute atomic E-state index is 13.2. The Bertz CT molecular complexity index is 919. The second-order valence-electron chi connectivity index (χ2n) is 8.86. The number of carbonyl (C=O) groups is 1. The maximum Gasteiger partial charge on any atom is 0.186 e. The van der Waals surface area contributed by atoms with Crippen LogP contribution in [0, 0.1) is 10.8 Å². The van der Waals surface area contributed by atoms with Crippen molar-refractivity contribution in [3.05, 3.63) is 72.6 Å². The van der Waals surface area contributed by atoms with E-state index in [0.717, 1.165) is 31.5 Å². The largest absolute Gasteiger partial charge is 0.289 e. The number of carbonyl (C=O) groups excluding carboxylic acids is 1.